The van der Waals surface area contributed by atoms with E-state index in [2.05, 4.69) is 26.8 Å². The summed E-state index contributed by atoms with van der Waals surface area (Å²) in [5, 5.41) is 38.7. The van der Waals surface area contributed by atoms with Gasteiger partial charge in [0.2, 0.25) is 0 Å². The molecule has 4 N–H and O–H groups in total. The molecule has 0 saturated heterocycles. The second-order valence-corrected chi connectivity index (χ2v) is 8.92. The van der Waals surface area contributed by atoms with Crippen LogP contribution in [0.5, 0.6) is 0 Å². The zero-order valence-corrected chi connectivity index (χ0v) is 18.3. The number of aromatic nitrogens is 3. The van der Waals surface area contributed by atoms with Gasteiger partial charge in [0.15, 0.2) is 0 Å². The van der Waals surface area contributed by atoms with E-state index in [0.29, 0.717) is 22.6 Å². The van der Waals surface area contributed by atoms with Crippen LogP contribution in [0.3, 0.4) is 0 Å². The molecule has 4 rings (SSSR count). The van der Waals surface area contributed by atoms with E-state index in [4.69, 9.17) is 5.26 Å². The standard InChI is InChI=1S/C23H25FN6O3/c1-22(2,33)20(24)12-27-21(32)16-11-26-18(8-17(16)29-23(13-31)5-6-23)19-4-3-15-7-14(9-25)10-28-30(15)19/h3-4,7-8,10-11,20,31,33H,5-6,12-13H2,1-2H3,(H,26,29)(H,27,32). The number of hydrogen-bond acceptors (Lipinski definition) is 7. The Morgan fingerprint density at radius 1 is 1.36 bits per heavy atom. The van der Waals surface area contributed by atoms with Crippen LogP contribution in [-0.2, 0) is 0 Å². The van der Waals surface area contributed by atoms with Gasteiger partial charge in [-0.2, -0.15) is 10.4 Å². The van der Waals surface area contributed by atoms with Crippen LogP contribution < -0.4 is 10.6 Å². The first-order valence-corrected chi connectivity index (χ1v) is 10.6. The first kappa shape index (κ1) is 22.6. The number of carbonyl (C=O) groups is 1. The van der Waals surface area contributed by atoms with Gasteiger partial charge in [-0.3, -0.25) is 9.78 Å². The summed E-state index contributed by atoms with van der Waals surface area (Å²) in [6, 6.07) is 9.07. The van der Waals surface area contributed by atoms with E-state index in [1.54, 1.807) is 16.6 Å². The fraction of sp³-hybridized carbons (Fsp3) is 0.391. The second kappa shape index (κ2) is 8.42. The Hall–Kier alpha value is -3.55. The summed E-state index contributed by atoms with van der Waals surface area (Å²) in [7, 11) is 0. The third-order valence-corrected chi connectivity index (χ3v) is 5.80. The Morgan fingerprint density at radius 3 is 2.76 bits per heavy atom. The summed E-state index contributed by atoms with van der Waals surface area (Å²) in [4.78, 5) is 17.2. The first-order chi connectivity index (χ1) is 15.7. The molecular formula is C23H25FN6O3. The normalized spacial score (nSPS) is 15.6. The highest BCUT2D eigenvalue weighted by molar-refractivity contribution is 6.00. The lowest BCUT2D eigenvalue weighted by Gasteiger charge is -2.23. The molecule has 0 aromatic carbocycles. The Balaban J connectivity index is 1.67. The van der Waals surface area contributed by atoms with E-state index in [1.165, 1.54) is 26.2 Å². The SMILES string of the molecule is CC(C)(O)C(F)CNC(=O)c1cnc(-c2ccc3cc(C#N)cnn23)cc1NC1(CO)CC1. The minimum atomic E-state index is -1.64. The quantitative estimate of drug-likeness (QED) is 0.411. The second-order valence-electron chi connectivity index (χ2n) is 8.92. The van der Waals surface area contributed by atoms with Crippen LogP contribution in [0.1, 0.15) is 42.6 Å². The topological polar surface area (TPSA) is 136 Å². The molecule has 10 heteroatoms. The van der Waals surface area contributed by atoms with E-state index in [1.807, 2.05) is 12.1 Å². The van der Waals surface area contributed by atoms with E-state index in [9.17, 15) is 19.4 Å². The number of nitrogens with zero attached hydrogens (tertiary/aromatic N) is 4. The van der Waals surface area contributed by atoms with Crippen LogP contribution in [0.4, 0.5) is 10.1 Å². The molecule has 1 aliphatic carbocycles. The summed E-state index contributed by atoms with van der Waals surface area (Å²) in [5.74, 6) is -0.547. The monoisotopic (exact) mass is 452 g/mol. The maximum absolute atomic E-state index is 14.1. The summed E-state index contributed by atoms with van der Waals surface area (Å²) < 4.78 is 15.8. The van der Waals surface area contributed by atoms with Crippen molar-refractivity contribution in [2.45, 2.75) is 44.0 Å². The van der Waals surface area contributed by atoms with Crippen molar-refractivity contribution in [3.8, 4) is 17.5 Å². The lowest BCUT2D eigenvalue weighted by molar-refractivity contribution is -0.00177. The highest BCUT2D eigenvalue weighted by atomic mass is 19.1. The lowest BCUT2D eigenvalue weighted by Crippen LogP contribution is -2.42. The number of aliphatic hydroxyl groups is 2. The molecule has 9 nitrogen and oxygen atoms in total. The molecule has 1 fully saturated rings. The van der Waals surface area contributed by atoms with Crippen molar-refractivity contribution in [2.24, 2.45) is 0 Å². The van der Waals surface area contributed by atoms with Gasteiger partial charge in [-0.25, -0.2) is 8.91 Å². The van der Waals surface area contributed by atoms with Crippen LogP contribution in [0.2, 0.25) is 0 Å². The Labute approximate surface area is 189 Å². The molecule has 1 atom stereocenters. The highest BCUT2D eigenvalue weighted by Gasteiger charge is 2.42. The van der Waals surface area contributed by atoms with Crippen molar-refractivity contribution in [1.29, 1.82) is 5.26 Å². The molecular weight excluding hydrogens is 427 g/mol. The Kier molecular flexibility index (Phi) is 5.78. The van der Waals surface area contributed by atoms with Crippen LogP contribution in [0.15, 0.2) is 36.7 Å². The van der Waals surface area contributed by atoms with E-state index in [-0.39, 0.29) is 18.7 Å². The number of hydrogen-bond donors (Lipinski definition) is 4. The number of anilines is 1. The van der Waals surface area contributed by atoms with Crippen molar-refractivity contribution in [3.63, 3.8) is 0 Å². The molecule has 0 radical (unpaired) electrons. The van der Waals surface area contributed by atoms with E-state index >= 15 is 0 Å². The zero-order chi connectivity index (χ0) is 23.8. The summed E-state index contributed by atoms with van der Waals surface area (Å²) in [6.07, 6.45) is 2.70. The number of carbonyl (C=O) groups excluding carboxylic acids is 1. The molecule has 3 heterocycles. The molecule has 0 bridgehead atoms. The highest BCUT2D eigenvalue weighted by Crippen LogP contribution is 2.39. The number of aliphatic hydroxyl groups excluding tert-OH is 1. The van der Waals surface area contributed by atoms with Gasteiger partial charge in [-0.15, -0.1) is 0 Å². The van der Waals surface area contributed by atoms with Crippen LogP contribution in [0, 0.1) is 11.3 Å². The number of nitrogens with one attached hydrogen (secondary N) is 2. The molecule has 0 aliphatic heterocycles. The number of amides is 1. The van der Waals surface area contributed by atoms with E-state index in [0.717, 1.165) is 18.4 Å². The largest absolute Gasteiger partial charge is 0.394 e. The summed E-state index contributed by atoms with van der Waals surface area (Å²) >= 11 is 0. The van der Waals surface area contributed by atoms with Gasteiger partial charge >= 0.3 is 0 Å². The Bertz CT molecular complexity index is 1240. The van der Waals surface area contributed by atoms with Gasteiger partial charge in [-0.05, 0) is 51.0 Å². The Morgan fingerprint density at radius 2 is 2.12 bits per heavy atom. The predicted octanol–water partition coefficient (Wildman–Crippen LogP) is 2.04. The number of alkyl halides is 1. The molecule has 0 spiro atoms. The average molecular weight is 452 g/mol. The number of nitriles is 1. The molecule has 1 saturated carbocycles. The summed E-state index contributed by atoms with van der Waals surface area (Å²) in [6.45, 7) is 2.22. The van der Waals surface area contributed by atoms with Crippen molar-refractivity contribution >= 4 is 17.1 Å². The summed E-state index contributed by atoms with van der Waals surface area (Å²) in [5.41, 5.74) is 0.893. The third kappa shape index (κ3) is 4.65. The average Bonchev–Trinajstić information content (AvgIpc) is 3.44. The van der Waals surface area contributed by atoms with Crippen molar-refractivity contribution in [2.75, 3.05) is 18.5 Å². The first-order valence-electron chi connectivity index (χ1n) is 10.6. The number of fused-ring (bicyclic) bond motifs is 1. The third-order valence-electron chi connectivity index (χ3n) is 5.80. The molecule has 1 unspecified atom stereocenters. The van der Waals surface area contributed by atoms with Crippen LogP contribution in [0.25, 0.3) is 16.9 Å². The van der Waals surface area contributed by atoms with Gasteiger partial charge < -0.3 is 20.8 Å². The van der Waals surface area contributed by atoms with Gasteiger partial charge in [0.05, 0.1) is 64.2 Å². The van der Waals surface area contributed by atoms with E-state index < -0.39 is 23.2 Å². The minimum absolute atomic E-state index is 0.0937. The fourth-order valence-corrected chi connectivity index (χ4v) is 3.42. The van der Waals surface area contributed by atoms with Gasteiger partial charge in [-0.1, -0.05) is 0 Å². The van der Waals surface area contributed by atoms with Crippen molar-refractivity contribution in [3.05, 3.63) is 47.8 Å². The van der Waals surface area contributed by atoms with Crippen molar-refractivity contribution in [1.82, 2.24) is 19.9 Å². The lowest BCUT2D eigenvalue weighted by atomic mass is 10.0. The van der Waals surface area contributed by atoms with Crippen molar-refractivity contribution < 1.29 is 19.4 Å². The predicted molar refractivity (Wildman–Crippen MR) is 119 cm³/mol. The molecule has 3 aromatic heterocycles. The van der Waals surface area contributed by atoms with Gasteiger partial charge in [0.1, 0.15) is 12.2 Å². The molecule has 172 valence electrons. The van der Waals surface area contributed by atoms with Gasteiger partial charge in [0, 0.05) is 6.20 Å². The number of pyridine rings is 1. The van der Waals surface area contributed by atoms with Crippen LogP contribution >= 0.6 is 0 Å². The fourth-order valence-electron chi connectivity index (χ4n) is 3.42. The maximum Gasteiger partial charge on any atom is 0.255 e. The number of rotatable bonds is 8. The molecule has 1 aliphatic rings. The molecule has 33 heavy (non-hydrogen) atoms. The molecule has 1 amide bonds. The van der Waals surface area contributed by atoms with Crippen LogP contribution in [-0.4, -0.2) is 61.2 Å². The number of halogens is 1. The smallest absolute Gasteiger partial charge is 0.255 e. The maximum atomic E-state index is 14.1. The minimum Gasteiger partial charge on any atom is -0.394 e. The zero-order valence-electron chi connectivity index (χ0n) is 18.3. The van der Waals surface area contributed by atoms with Gasteiger partial charge in [0.25, 0.3) is 5.91 Å². The molecule has 3 aromatic rings.